The number of benzene rings is 2. The third kappa shape index (κ3) is 6.11. The highest BCUT2D eigenvalue weighted by atomic mass is 127. The first-order chi connectivity index (χ1) is 11.6. The van der Waals surface area contributed by atoms with Gasteiger partial charge in [-0.15, -0.1) is 24.0 Å². The van der Waals surface area contributed by atoms with E-state index >= 15 is 0 Å². The van der Waals surface area contributed by atoms with Crippen molar-refractivity contribution in [3.05, 3.63) is 63.6 Å². The van der Waals surface area contributed by atoms with Gasteiger partial charge in [0.05, 0.1) is 5.69 Å². The standard InChI is InChI=1S/C19H21BrN2OS.HI/c1-4-13-7-6-8-14(5-2)17(13)21-19(24-3)22-18(23)15-9-11-16(20)12-10-15;/h6-12H,4-5H2,1-3H3,(H,21,22,23);1H. The van der Waals surface area contributed by atoms with Crippen LogP contribution in [0.15, 0.2) is 51.9 Å². The minimum Gasteiger partial charge on any atom is -0.301 e. The van der Waals surface area contributed by atoms with E-state index in [0.717, 1.165) is 23.0 Å². The number of amidine groups is 1. The molecule has 1 amide bonds. The van der Waals surface area contributed by atoms with Crippen LogP contribution in [0.4, 0.5) is 5.69 Å². The summed E-state index contributed by atoms with van der Waals surface area (Å²) in [5.41, 5.74) is 3.97. The zero-order chi connectivity index (χ0) is 17.5. The number of amides is 1. The van der Waals surface area contributed by atoms with Gasteiger partial charge in [0.25, 0.3) is 5.91 Å². The second kappa shape index (κ2) is 11.0. The fraction of sp³-hybridized carbons (Fsp3) is 0.263. The second-order valence-corrected chi connectivity index (χ2v) is 6.92. The number of thioether (sulfide) groups is 1. The molecule has 2 rings (SSSR count). The van der Waals surface area contributed by atoms with Gasteiger partial charge in [0.2, 0.25) is 0 Å². The van der Waals surface area contributed by atoms with Gasteiger partial charge in [0.15, 0.2) is 5.17 Å². The summed E-state index contributed by atoms with van der Waals surface area (Å²) in [6.07, 6.45) is 3.74. The molecule has 0 aliphatic heterocycles. The monoisotopic (exact) mass is 532 g/mol. The molecule has 0 unspecified atom stereocenters. The number of rotatable bonds is 4. The predicted octanol–water partition coefficient (Wildman–Crippen LogP) is 5.97. The van der Waals surface area contributed by atoms with E-state index in [0.29, 0.717) is 10.7 Å². The quantitative estimate of drug-likeness (QED) is 0.299. The Bertz CT molecular complexity index is 725. The normalized spacial score (nSPS) is 11.0. The number of nitrogens with zero attached hydrogens (tertiary/aromatic N) is 1. The minimum absolute atomic E-state index is 0. The van der Waals surface area contributed by atoms with E-state index in [9.17, 15) is 4.79 Å². The van der Waals surface area contributed by atoms with Crippen molar-refractivity contribution < 1.29 is 4.79 Å². The van der Waals surface area contributed by atoms with Crippen LogP contribution in [0.2, 0.25) is 0 Å². The highest BCUT2D eigenvalue weighted by Gasteiger charge is 2.11. The Morgan fingerprint density at radius 1 is 1.08 bits per heavy atom. The number of para-hydroxylation sites is 1. The van der Waals surface area contributed by atoms with E-state index in [1.807, 2.05) is 18.4 Å². The van der Waals surface area contributed by atoms with Crippen molar-refractivity contribution in [2.75, 3.05) is 6.26 Å². The molecule has 0 fully saturated rings. The van der Waals surface area contributed by atoms with E-state index in [-0.39, 0.29) is 29.9 Å². The second-order valence-electron chi connectivity index (χ2n) is 5.21. The zero-order valence-corrected chi connectivity index (χ0v) is 19.2. The molecule has 25 heavy (non-hydrogen) atoms. The molecule has 0 aliphatic rings. The summed E-state index contributed by atoms with van der Waals surface area (Å²) in [5, 5.41) is 3.52. The Morgan fingerprint density at radius 2 is 1.64 bits per heavy atom. The lowest BCUT2D eigenvalue weighted by molar-refractivity contribution is 0.0978. The molecule has 134 valence electrons. The first-order valence-electron chi connectivity index (χ1n) is 7.89. The first kappa shape index (κ1) is 22.2. The number of aryl methyl sites for hydroxylation is 2. The maximum atomic E-state index is 12.4. The third-order valence-corrected chi connectivity index (χ3v) is 4.81. The molecular formula is C19H22BrIN2OS. The average molecular weight is 533 g/mol. The summed E-state index contributed by atoms with van der Waals surface area (Å²) < 4.78 is 0.947. The van der Waals surface area contributed by atoms with Gasteiger partial charge in [-0.25, -0.2) is 4.99 Å². The third-order valence-electron chi connectivity index (χ3n) is 3.70. The van der Waals surface area contributed by atoms with Crippen LogP contribution < -0.4 is 5.32 Å². The fourth-order valence-electron chi connectivity index (χ4n) is 2.36. The molecule has 6 heteroatoms. The van der Waals surface area contributed by atoms with Crippen LogP contribution in [0.1, 0.15) is 35.3 Å². The van der Waals surface area contributed by atoms with Crippen molar-refractivity contribution in [3.63, 3.8) is 0 Å². The summed E-state index contributed by atoms with van der Waals surface area (Å²) in [5.74, 6) is -0.150. The molecule has 0 aromatic heterocycles. The topological polar surface area (TPSA) is 41.5 Å². The largest absolute Gasteiger partial charge is 0.301 e. The van der Waals surface area contributed by atoms with E-state index < -0.39 is 0 Å². The molecule has 2 aromatic carbocycles. The van der Waals surface area contributed by atoms with Gasteiger partial charge in [-0.1, -0.05) is 59.7 Å². The summed E-state index contributed by atoms with van der Waals surface area (Å²) in [6, 6.07) is 13.5. The Morgan fingerprint density at radius 3 is 2.12 bits per heavy atom. The molecule has 0 saturated heterocycles. The highest BCUT2D eigenvalue weighted by molar-refractivity contribution is 14.0. The lowest BCUT2D eigenvalue weighted by Crippen LogP contribution is -2.28. The number of aliphatic imine (C=N–C) groups is 1. The predicted molar refractivity (Wildman–Crippen MR) is 123 cm³/mol. The number of carbonyl (C=O) groups excluding carboxylic acids is 1. The van der Waals surface area contributed by atoms with Crippen LogP contribution >= 0.6 is 51.7 Å². The first-order valence-corrected chi connectivity index (χ1v) is 9.91. The van der Waals surface area contributed by atoms with Gasteiger partial charge in [0.1, 0.15) is 0 Å². The Hall–Kier alpha value is -0.860. The van der Waals surface area contributed by atoms with Gasteiger partial charge in [-0.05, 0) is 54.5 Å². The van der Waals surface area contributed by atoms with Crippen LogP contribution in [0.3, 0.4) is 0 Å². The Kier molecular flexibility index (Phi) is 9.74. The smallest absolute Gasteiger partial charge is 0.257 e. The van der Waals surface area contributed by atoms with Crippen LogP contribution in [-0.2, 0) is 12.8 Å². The van der Waals surface area contributed by atoms with Crippen molar-refractivity contribution >= 4 is 68.4 Å². The van der Waals surface area contributed by atoms with E-state index in [1.165, 1.54) is 22.9 Å². The molecule has 2 aromatic rings. The zero-order valence-electron chi connectivity index (χ0n) is 14.5. The Balaban J connectivity index is 0.00000312. The molecule has 3 nitrogen and oxygen atoms in total. The molecule has 1 N–H and O–H groups in total. The van der Waals surface area contributed by atoms with Gasteiger partial charge in [-0.3, -0.25) is 4.79 Å². The molecule has 0 bridgehead atoms. The highest BCUT2D eigenvalue weighted by Crippen LogP contribution is 2.26. The van der Waals surface area contributed by atoms with Crippen molar-refractivity contribution in [2.24, 2.45) is 4.99 Å². The summed E-state index contributed by atoms with van der Waals surface area (Å²) in [6.45, 7) is 4.24. The summed E-state index contributed by atoms with van der Waals surface area (Å²) >= 11 is 4.81. The van der Waals surface area contributed by atoms with E-state index in [2.05, 4.69) is 53.3 Å². The van der Waals surface area contributed by atoms with Crippen molar-refractivity contribution in [2.45, 2.75) is 26.7 Å². The maximum Gasteiger partial charge on any atom is 0.257 e. The number of halogens is 2. The summed E-state index contributed by atoms with van der Waals surface area (Å²) in [7, 11) is 0. The van der Waals surface area contributed by atoms with Gasteiger partial charge < -0.3 is 5.32 Å². The molecule has 0 radical (unpaired) electrons. The van der Waals surface area contributed by atoms with Crippen molar-refractivity contribution in [1.82, 2.24) is 5.32 Å². The lowest BCUT2D eigenvalue weighted by atomic mass is 10.0. The maximum absolute atomic E-state index is 12.4. The van der Waals surface area contributed by atoms with Gasteiger partial charge in [-0.2, -0.15) is 0 Å². The molecule has 0 saturated carbocycles. The van der Waals surface area contributed by atoms with Crippen LogP contribution in [0, 0.1) is 0 Å². The van der Waals surface area contributed by atoms with Crippen LogP contribution in [0.5, 0.6) is 0 Å². The number of hydrogen-bond donors (Lipinski definition) is 1. The number of hydrogen-bond acceptors (Lipinski definition) is 3. The number of nitrogens with one attached hydrogen (secondary N) is 1. The fourth-order valence-corrected chi connectivity index (χ4v) is 3.00. The molecule has 0 spiro atoms. The molecule has 0 atom stereocenters. The minimum atomic E-state index is -0.150. The van der Waals surface area contributed by atoms with Crippen molar-refractivity contribution in [1.29, 1.82) is 0 Å². The molecule has 0 heterocycles. The molecular weight excluding hydrogens is 511 g/mol. The Labute approximate surface area is 179 Å². The van der Waals surface area contributed by atoms with E-state index in [1.54, 1.807) is 12.1 Å². The molecule has 0 aliphatic carbocycles. The van der Waals surface area contributed by atoms with E-state index in [4.69, 9.17) is 4.99 Å². The summed E-state index contributed by atoms with van der Waals surface area (Å²) in [4.78, 5) is 17.1. The lowest BCUT2D eigenvalue weighted by Gasteiger charge is -2.11. The van der Waals surface area contributed by atoms with Crippen LogP contribution in [0.25, 0.3) is 0 Å². The van der Waals surface area contributed by atoms with Gasteiger partial charge >= 0.3 is 0 Å². The van der Waals surface area contributed by atoms with Crippen molar-refractivity contribution in [3.8, 4) is 0 Å². The van der Waals surface area contributed by atoms with Gasteiger partial charge in [0, 0.05) is 10.0 Å². The van der Waals surface area contributed by atoms with Crippen LogP contribution in [-0.4, -0.2) is 17.3 Å². The SMILES string of the molecule is CCc1cccc(CC)c1N=C(NC(=O)c1ccc(Br)cc1)SC.I. The number of carbonyl (C=O) groups is 1. The average Bonchev–Trinajstić information content (AvgIpc) is 2.61.